The van der Waals surface area contributed by atoms with E-state index in [0.29, 0.717) is 12.5 Å². The van der Waals surface area contributed by atoms with Gasteiger partial charge in [0.15, 0.2) is 0 Å². The number of para-hydroxylation sites is 1. The zero-order valence-corrected chi connectivity index (χ0v) is 13.1. The number of benzene rings is 1. The maximum absolute atomic E-state index is 5.85. The van der Waals surface area contributed by atoms with Crippen LogP contribution in [0.4, 0.5) is 0 Å². The van der Waals surface area contributed by atoms with Crippen molar-refractivity contribution in [3.63, 3.8) is 0 Å². The van der Waals surface area contributed by atoms with Crippen LogP contribution in [0.1, 0.15) is 26.5 Å². The molecule has 0 saturated carbocycles. The van der Waals surface area contributed by atoms with Gasteiger partial charge in [-0.2, -0.15) is 0 Å². The first kappa shape index (κ1) is 13.3. The SMILES string of the molecule is CC(C)(C)[C@H]1COC(c2nccc3c2[nH]c2ccccc23)=N1. The molecule has 0 spiro atoms. The smallest absolute Gasteiger partial charge is 0.238 e. The lowest BCUT2D eigenvalue weighted by atomic mass is 9.88. The van der Waals surface area contributed by atoms with Crippen LogP contribution in [-0.2, 0) is 4.74 Å². The van der Waals surface area contributed by atoms with Crippen LogP contribution in [0, 0.1) is 5.41 Å². The number of nitrogens with one attached hydrogen (secondary N) is 1. The first-order valence-corrected chi connectivity index (χ1v) is 7.60. The predicted molar refractivity (Wildman–Crippen MR) is 89.3 cm³/mol. The molecule has 1 aliphatic rings. The Morgan fingerprint density at radius 1 is 1.14 bits per heavy atom. The van der Waals surface area contributed by atoms with Crippen molar-refractivity contribution >= 4 is 27.7 Å². The Morgan fingerprint density at radius 2 is 1.95 bits per heavy atom. The van der Waals surface area contributed by atoms with E-state index in [0.717, 1.165) is 22.1 Å². The van der Waals surface area contributed by atoms with Crippen molar-refractivity contribution in [3.05, 3.63) is 42.2 Å². The number of pyridine rings is 1. The Kier molecular flexibility index (Phi) is 2.76. The lowest BCUT2D eigenvalue weighted by molar-refractivity contribution is 0.235. The number of aromatic amines is 1. The Balaban J connectivity index is 1.89. The van der Waals surface area contributed by atoms with Crippen molar-refractivity contribution in [2.75, 3.05) is 6.61 Å². The number of aliphatic imine (C=N–C) groups is 1. The van der Waals surface area contributed by atoms with E-state index in [4.69, 9.17) is 9.73 Å². The van der Waals surface area contributed by atoms with Crippen LogP contribution in [0.2, 0.25) is 0 Å². The second kappa shape index (κ2) is 4.57. The van der Waals surface area contributed by atoms with Crippen LogP contribution in [0.5, 0.6) is 0 Å². The number of H-pyrrole nitrogens is 1. The van der Waals surface area contributed by atoms with Gasteiger partial charge in [-0.25, -0.2) is 9.98 Å². The topological polar surface area (TPSA) is 50.3 Å². The Morgan fingerprint density at radius 3 is 2.73 bits per heavy atom. The Hall–Kier alpha value is -2.36. The van der Waals surface area contributed by atoms with E-state index in [1.165, 1.54) is 5.39 Å². The monoisotopic (exact) mass is 293 g/mol. The van der Waals surface area contributed by atoms with Gasteiger partial charge in [0, 0.05) is 22.5 Å². The highest BCUT2D eigenvalue weighted by Gasteiger charge is 2.31. The summed E-state index contributed by atoms with van der Waals surface area (Å²) in [5, 5.41) is 2.36. The third-order valence-corrected chi connectivity index (χ3v) is 4.28. The second-order valence-corrected chi connectivity index (χ2v) is 6.88. The summed E-state index contributed by atoms with van der Waals surface area (Å²) >= 11 is 0. The molecule has 22 heavy (non-hydrogen) atoms. The lowest BCUT2D eigenvalue weighted by Crippen LogP contribution is -2.25. The summed E-state index contributed by atoms with van der Waals surface area (Å²) in [7, 11) is 0. The van der Waals surface area contributed by atoms with Crippen molar-refractivity contribution in [3.8, 4) is 0 Å². The van der Waals surface area contributed by atoms with E-state index in [1.807, 2.05) is 18.3 Å². The molecular weight excluding hydrogens is 274 g/mol. The van der Waals surface area contributed by atoms with Gasteiger partial charge in [-0.05, 0) is 17.5 Å². The van der Waals surface area contributed by atoms with Gasteiger partial charge in [-0.3, -0.25) is 0 Å². The van der Waals surface area contributed by atoms with Gasteiger partial charge in [0.25, 0.3) is 0 Å². The molecule has 4 heteroatoms. The average Bonchev–Trinajstić information content (AvgIpc) is 3.11. The largest absolute Gasteiger partial charge is 0.474 e. The molecule has 0 saturated heterocycles. The molecule has 0 aliphatic carbocycles. The third kappa shape index (κ3) is 1.98. The zero-order chi connectivity index (χ0) is 15.3. The standard InChI is InChI=1S/C18H19N3O/c1-18(2,3)14-10-22-17(21-14)16-15-12(8-9-19-16)11-6-4-5-7-13(11)20-15/h4-9,14,20H,10H2,1-3H3/t14-/m1/s1. The first-order chi connectivity index (χ1) is 10.5. The number of fused-ring (bicyclic) bond motifs is 3. The summed E-state index contributed by atoms with van der Waals surface area (Å²) in [5.74, 6) is 0.650. The number of hydrogen-bond donors (Lipinski definition) is 1. The molecule has 1 aromatic carbocycles. The second-order valence-electron chi connectivity index (χ2n) is 6.88. The quantitative estimate of drug-likeness (QED) is 0.739. The van der Waals surface area contributed by atoms with Crippen LogP contribution < -0.4 is 0 Å². The van der Waals surface area contributed by atoms with E-state index >= 15 is 0 Å². The van der Waals surface area contributed by atoms with Crippen LogP contribution >= 0.6 is 0 Å². The van der Waals surface area contributed by atoms with Crippen LogP contribution in [0.25, 0.3) is 21.8 Å². The molecular formula is C18H19N3O. The van der Waals surface area contributed by atoms with E-state index in [1.54, 1.807) is 0 Å². The van der Waals surface area contributed by atoms with Gasteiger partial charge in [-0.15, -0.1) is 0 Å². The first-order valence-electron chi connectivity index (χ1n) is 7.60. The van der Waals surface area contributed by atoms with E-state index in [9.17, 15) is 0 Å². The summed E-state index contributed by atoms with van der Waals surface area (Å²) in [6.07, 6.45) is 1.83. The minimum Gasteiger partial charge on any atom is -0.474 e. The minimum atomic E-state index is 0.0933. The molecule has 4 rings (SSSR count). The maximum Gasteiger partial charge on any atom is 0.238 e. The van der Waals surface area contributed by atoms with Crippen molar-refractivity contribution in [1.29, 1.82) is 0 Å². The van der Waals surface area contributed by atoms with Gasteiger partial charge in [0.1, 0.15) is 12.3 Å². The minimum absolute atomic E-state index is 0.0933. The summed E-state index contributed by atoms with van der Waals surface area (Å²) in [6.45, 7) is 7.18. The maximum atomic E-state index is 5.85. The lowest BCUT2D eigenvalue weighted by Gasteiger charge is -2.21. The molecule has 0 fully saturated rings. The number of ether oxygens (including phenoxy) is 1. The van der Waals surface area contributed by atoms with Crippen LogP contribution in [0.3, 0.4) is 0 Å². The summed E-state index contributed by atoms with van der Waals surface area (Å²) in [5.41, 5.74) is 3.01. The molecule has 1 atom stereocenters. The molecule has 112 valence electrons. The molecule has 1 N–H and O–H groups in total. The molecule has 1 aliphatic heterocycles. The predicted octanol–water partition coefficient (Wildman–Crippen LogP) is 3.91. The van der Waals surface area contributed by atoms with Crippen molar-refractivity contribution in [1.82, 2.24) is 9.97 Å². The van der Waals surface area contributed by atoms with E-state index < -0.39 is 0 Å². The normalized spacial score (nSPS) is 18.7. The molecule has 4 nitrogen and oxygen atoms in total. The van der Waals surface area contributed by atoms with E-state index in [-0.39, 0.29) is 11.5 Å². The fourth-order valence-corrected chi connectivity index (χ4v) is 2.88. The zero-order valence-electron chi connectivity index (χ0n) is 13.1. The van der Waals surface area contributed by atoms with Gasteiger partial charge >= 0.3 is 0 Å². The molecule has 0 bridgehead atoms. The number of hydrogen-bond acceptors (Lipinski definition) is 3. The average molecular weight is 293 g/mol. The van der Waals surface area contributed by atoms with Crippen molar-refractivity contribution < 1.29 is 4.74 Å². The van der Waals surface area contributed by atoms with Gasteiger partial charge in [-0.1, -0.05) is 39.0 Å². The van der Waals surface area contributed by atoms with Crippen LogP contribution in [0.15, 0.2) is 41.5 Å². The highest BCUT2D eigenvalue weighted by atomic mass is 16.5. The van der Waals surface area contributed by atoms with Crippen LogP contribution in [-0.4, -0.2) is 28.5 Å². The van der Waals surface area contributed by atoms with Gasteiger partial charge in [0.05, 0.1) is 11.6 Å². The fraction of sp³-hybridized carbons (Fsp3) is 0.333. The number of nitrogens with zero attached hydrogens (tertiary/aromatic N) is 2. The molecule has 3 aromatic rings. The Labute approximate surface area is 129 Å². The summed E-state index contributed by atoms with van der Waals surface area (Å²) in [4.78, 5) is 12.7. The van der Waals surface area contributed by atoms with Gasteiger partial charge in [0.2, 0.25) is 5.90 Å². The summed E-state index contributed by atoms with van der Waals surface area (Å²) in [6, 6.07) is 10.5. The molecule has 2 aromatic heterocycles. The fourth-order valence-electron chi connectivity index (χ4n) is 2.88. The molecule has 3 heterocycles. The highest BCUT2D eigenvalue weighted by molar-refractivity contribution is 6.14. The molecule has 0 unspecified atom stereocenters. The number of aromatic nitrogens is 2. The highest BCUT2D eigenvalue weighted by Crippen LogP contribution is 2.30. The van der Waals surface area contributed by atoms with Crippen molar-refractivity contribution in [2.24, 2.45) is 10.4 Å². The third-order valence-electron chi connectivity index (χ3n) is 4.28. The molecule has 0 amide bonds. The summed E-state index contributed by atoms with van der Waals surface area (Å²) < 4.78 is 5.85. The molecule has 0 radical (unpaired) electrons. The van der Waals surface area contributed by atoms with Gasteiger partial charge < -0.3 is 9.72 Å². The van der Waals surface area contributed by atoms with Crippen molar-refractivity contribution in [2.45, 2.75) is 26.8 Å². The Bertz CT molecular complexity index is 886. The number of rotatable bonds is 1. The van der Waals surface area contributed by atoms with E-state index in [2.05, 4.69) is 48.9 Å².